The number of anilines is 2. The van der Waals surface area contributed by atoms with Crippen molar-refractivity contribution in [3.8, 4) is 0 Å². The highest BCUT2D eigenvalue weighted by molar-refractivity contribution is 6.36. The molecule has 2 aromatic rings. The maximum Gasteiger partial charge on any atom is 0.254 e. The van der Waals surface area contributed by atoms with E-state index in [4.69, 9.17) is 23.2 Å². The average molecular weight is 422 g/mol. The maximum atomic E-state index is 12.8. The van der Waals surface area contributed by atoms with Crippen LogP contribution >= 0.6 is 23.2 Å². The molecule has 0 spiro atoms. The molecule has 148 valence electrons. The number of rotatable bonds is 7. The third-order valence-electron chi connectivity index (χ3n) is 3.77. The number of hydrogen-bond donors (Lipinski definition) is 2. The Morgan fingerprint density at radius 1 is 1.00 bits per heavy atom. The number of carbonyl (C=O) groups excluding carboxylic acids is 3. The Hall–Kier alpha value is -2.57. The summed E-state index contributed by atoms with van der Waals surface area (Å²) in [5.41, 5.74) is 1.46. The smallest absolute Gasteiger partial charge is 0.254 e. The van der Waals surface area contributed by atoms with Crippen LogP contribution in [0.1, 0.15) is 30.6 Å². The van der Waals surface area contributed by atoms with Gasteiger partial charge in [-0.25, -0.2) is 0 Å². The topological polar surface area (TPSA) is 78.5 Å². The molecule has 0 aromatic heterocycles. The minimum Gasteiger partial charge on any atom is -0.329 e. The summed E-state index contributed by atoms with van der Waals surface area (Å²) in [5, 5.41) is 6.12. The van der Waals surface area contributed by atoms with Crippen molar-refractivity contribution in [2.45, 2.75) is 20.3 Å². The Bertz CT molecular complexity index is 869. The first kappa shape index (κ1) is 21.7. The van der Waals surface area contributed by atoms with Crippen molar-refractivity contribution in [1.82, 2.24) is 4.90 Å². The highest BCUT2D eigenvalue weighted by atomic mass is 35.5. The molecule has 0 bridgehead atoms. The molecule has 0 saturated carbocycles. The predicted molar refractivity (Wildman–Crippen MR) is 112 cm³/mol. The van der Waals surface area contributed by atoms with E-state index in [9.17, 15) is 14.4 Å². The van der Waals surface area contributed by atoms with E-state index in [1.54, 1.807) is 36.4 Å². The van der Waals surface area contributed by atoms with Crippen molar-refractivity contribution in [3.63, 3.8) is 0 Å². The van der Waals surface area contributed by atoms with Gasteiger partial charge in [0, 0.05) is 29.7 Å². The van der Waals surface area contributed by atoms with Gasteiger partial charge < -0.3 is 15.5 Å². The van der Waals surface area contributed by atoms with Crippen LogP contribution in [0.25, 0.3) is 0 Å². The number of hydrogen-bond acceptors (Lipinski definition) is 3. The molecule has 0 fully saturated rings. The van der Waals surface area contributed by atoms with Crippen molar-refractivity contribution >= 4 is 52.3 Å². The second kappa shape index (κ2) is 10.1. The summed E-state index contributed by atoms with van der Waals surface area (Å²) in [6, 6.07) is 11.3. The van der Waals surface area contributed by atoms with Gasteiger partial charge in [-0.1, -0.05) is 30.1 Å². The van der Waals surface area contributed by atoms with E-state index < -0.39 is 0 Å². The molecule has 0 radical (unpaired) electrons. The first-order valence-electron chi connectivity index (χ1n) is 8.72. The molecular formula is C20H21Cl2N3O3. The first-order chi connectivity index (χ1) is 13.3. The van der Waals surface area contributed by atoms with E-state index in [2.05, 4.69) is 10.6 Å². The largest absolute Gasteiger partial charge is 0.329 e. The number of benzene rings is 2. The van der Waals surface area contributed by atoms with Crippen LogP contribution in [-0.4, -0.2) is 35.7 Å². The zero-order valence-corrected chi connectivity index (χ0v) is 17.1. The summed E-state index contributed by atoms with van der Waals surface area (Å²) in [6.45, 7) is 3.65. The van der Waals surface area contributed by atoms with E-state index >= 15 is 0 Å². The second-order valence-corrected chi connectivity index (χ2v) is 7.00. The molecule has 0 heterocycles. The molecule has 0 aliphatic rings. The molecule has 0 aliphatic carbocycles. The minimum absolute atomic E-state index is 0.112. The highest BCUT2D eigenvalue weighted by Crippen LogP contribution is 2.25. The summed E-state index contributed by atoms with van der Waals surface area (Å²) >= 11 is 11.9. The van der Waals surface area contributed by atoms with E-state index in [1.807, 2.05) is 6.92 Å². The number of carbonyl (C=O) groups is 3. The lowest BCUT2D eigenvalue weighted by Crippen LogP contribution is -2.38. The molecular weight excluding hydrogens is 401 g/mol. The molecule has 3 amide bonds. The zero-order chi connectivity index (χ0) is 20.7. The quantitative estimate of drug-likeness (QED) is 0.693. The van der Waals surface area contributed by atoms with Gasteiger partial charge in [0.05, 0.1) is 10.7 Å². The van der Waals surface area contributed by atoms with Crippen LogP contribution in [0.3, 0.4) is 0 Å². The molecule has 0 saturated heterocycles. The van der Waals surface area contributed by atoms with Crippen molar-refractivity contribution in [2.75, 3.05) is 23.7 Å². The number of nitrogens with zero attached hydrogens (tertiary/aromatic N) is 1. The molecule has 28 heavy (non-hydrogen) atoms. The first-order valence-corrected chi connectivity index (χ1v) is 9.47. The number of amides is 3. The van der Waals surface area contributed by atoms with Crippen molar-refractivity contribution < 1.29 is 14.4 Å². The third kappa shape index (κ3) is 6.25. The summed E-state index contributed by atoms with van der Waals surface area (Å²) in [5.74, 6) is -0.821. The highest BCUT2D eigenvalue weighted by Gasteiger charge is 2.19. The van der Waals surface area contributed by atoms with Gasteiger partial charge >= 0.3 is 0 Å². The van der Waals surface area contributed by atoms with Crippen LogP contribution in [0.5, 0.6) is 0 Å². The SMILES string of the molecule is CCCN(CC(=O)Nc1ccc(Cl)cc1Cl)C(=O)c1ccc(NC(C)=O)cc1. The molecule has 0 aliphatic heterocycles. The zero-order valence-electron chi connectivity index (χ0n) is 15.6. The van der Waals surface area contributed by atoms with Crippen molar-refractivity contribution in [2.24, 2.45) is 0 Å². The van der Waals surface area contributed by atoms with Crippen molar-refractivity contribution in [3.05, 3.63) is 58.1 Å². The fraction of sp³-hybridized carbons (Fsp3) is 0.250. The van der Waals surface area contributed by atoms with E-state index in [0.29, 0.717) is 39.9 Å². The summed E-state index contributed by atoms with van der Waals surface area (Å²) < 4.78 is 0. The molecule has 0 atom stereocenters. The van der Waals surface area contributed by atoms with Gasteiger partial charge in [0.15, 0.2) is 0 Å². The van der Waals surface area contributed by atoms with Crippen LogP contribution in [0.15, 0.2) is 42.5 Å². The van der Waals surface area contributed by atoms with Gasteiger partial charge in [0.2, 0.25) is 11.8 Å². The summed E-state index contributed by atoms with van der Waals surface area (Å²) in [6.07, 6.45) is 0.699. The van der Waals surface area contributed by atoms with Gasteiger partial charge in [0.1, 0.15) is 6.54 Å². The Balaban J connectivity index is 2.07. The Kier molecular flexibility index (Phi) is 7.84. The molecule has 0 unspecified atom stereocenters. The number of halogens is 2. The summed E-state index contributed by atoms with van der Waals surface area (Å²) in [7, 11) is 0. The molecule has 6 nitrogen and oxygen atoms in total. The maximum absolute atomic E-state index is 12.8. The van der Waals surface area contributed by atoms with Crippen LogP contribution < -0.4 is 10.6 Å². The molecule has 2 aromatic carbocycles. The normalized spacial score (nSPS) is 10.3. The Morgan fingerprint density at radius 3 is 2.25 bits per heavy atom. The van der Waals surface area contributed by atoms with Crippen LogP contribution in [0.2, 0.25) is 10.0 Å². The van der Waals surface area contributed by atoms with Gasteiger partial charge in [-0.15, -0.1) is 0 Å². The monoisotopic (exact) mass is 421 g/mol. The third-order valence-corrected chi connectivity index (χ3v) is 4.32. The Labute approximate surface area is 173 Å². The van der Waals surface area contributed by atoms with E-state index in [-0.39, 0.29) is 24.3 Å². The van der Waals surface area contributed by atoms with E-state index in [1.165, 1.54) is 17.9 Å². The lowest BCUT2D eigenvalue weighted by atomic mass is 10.1. The summed E-state index contributed by atoms with van der Waals surface area (Å²) in [4.78, 5) is 37.7. The lowest BCUT2D eigenvalue weighted by Gasteiger charge is -2.22. The average Bonchev–Trinajstić information content (AvgIpc) is 2.63. The Morgan fingerprint density at radius 2 is 1.68 bits per heavy atom. The second-order valence-electron chi connectivity index (χ2n) is 6.16. The minimum atomic E-state index is -0.360. The molecule has 8 heteroatoms. The molecule has 2 rings (SSSR count). The van der Waals surface area contributed by atoms with Crippen LogP contribution in [-0.2, 0) is 9.59 Å². The van der Waals surface area contributed by atoms with Gasteiger partial charge in [0.25, 0.3) is 5.91 Å². The fourth-order valence-corrected chi connectivity index (χ4v) is 3.01. The van der Waals surface area contributed by atoms with E-state index in [0.717, 1.165) is 0 Å². The van der Waals surface area contributed by atoms with Gasteiger partial charge in [-0.05, 0) is 48.9 Å². The van der Waals surface area contributed by atoms with Gasteiger partial charge in [-0.3, -0.25) is 14.4 Å². The lowest BCUT2D eigenvalue weighted by molar-refractivity contribution is -0.117. The van der Waals surface area contributed by atoms with Crippen LogP contribution in [0.4, 0.5) is 11.4 Å². The standard InChI is InChI=1S/C20H21Cl2N3O3/c1-3-10-25(12-19(27)24-18-9-6-15(21)11-17(18)22)20(28)14-4-7-16(8-5-14)23-13(2)26/h4-9,11H,3,10,12H2,1-2H3,(H,23,26)(H,24,27). The fourth-order valence-electron chi connectivity index (χ4n) is 2.56. The van der Waals surface area contributed by atoms with Crippen LogP contribution in [0, 0.1) is 0 Å². The number of nitrogens with one attached hydrogen (secondary N) is 2. The van der Waals surface area contributed by atoms with Gasteiger partial charge in [-0.2, -0.15) is 0 Å². The predicted octanol–water partition coefficient (Wildman–Crippen LogP) is 4.44. The van der Waals surface area contributed by atoms with Crippen molar-refractivity contribution in [1.29, 1.82) is 0 Å². The molecule has 2 N–H and O–H groups in total.